The lowest BCUT2D eigenvalue weighted by atomic mass is 9.86. The Labute approximate surface area is 133 Å². The number of nitrogens with one attached hydrogen (secondary N) is 1. The number of urea groups is 1. The highest BCUT2D eigenvalue weighted by molar-refractivity contribution is 5.73. The van der Waals surface area contributed by atoms with Crippen LogP contribution < -0.4 is 5.32 Å². The minimum atomic E-state index is -0.239. The van der Waals surface area contributed by atoms with E-state index in [1.807, 2.05) is 7.05 Å². The number of amides is 2. The van der Waals surface area contributed by atoms with E-state index in [9.17, 15) is 9.90 Å². The SMILES string of the molecule is CN(CC1CCCCC1O)C(=O)NCC1CN2CCN1CC2. The molecule has 1 aliphatic carbocycles. The van der Waals surface area contributed by atoms with Crippen molar-refractivity contribution in [2.45, 2.75) is 37.8 Å². The van der Waals surface area contributed by atoms with Gasteiger partial charge in [-0.25, -0.2) is 4.79 Å². The fourth-order valence-electron chi connectivity index (χ4n) is 4.09. The van der Waals surface area contributed by atoms with Crippen molar-refractivity contribution in [2.75, 3.05) is 52.9 Å². The van der Waals surface area contributed by atoms with Gasteiger partial charge in [0.25, 0.3) is 0 Å². The van der Waals surface area contributed by atoms with E-state index >= 15 is 0 Å². The van der Waals surface area contributed by atoms with Gasteiger partial charge in [-0.1, -0.05) is 12.8 Å². The quantitative estimate of drug-likeness (QED) is 0.778. The highest BCUT2D eigenvalue weighted by atomic mass is 16.3. The van der Waals surface area contributed by atoms with Crippen LogP contribution in [0.3, 0.4) is 0 Å². The Bertz CT molecular complexity index is 384. The summed E-state index contributed by atoms with van der Waals surface area (Å²) >= 11 is 0. The van der Waals surface area contributed by atoms with Crippen LogP contribution in [0, 0.1) is 5.92 Å². The third-order valence-corrected chi connectivity index (χ3v) is 5.61. The first kappa shape index (κ1) is 16.0. The fraction of sp³-hybridized carbons (Fsp3) is 0.938. The van der Waals surface area contributed by atoms with Crippen LogP contribution in [0.1, 0.15) is 25.7 Å². The van der Waals surface area contributed by atoms with Crippen molar-refractivity contribution >= 4 is 6.03 Å². The molecule has 0 spiro atoms. The van der Waals surface area contributed by atoms with Crippen LogP contribution in [0.15, 0.2) is 0 Å². The second kappa shape index (κ2) is 7.15. The van der Waals surface area contributed by atoms with Crippen molar-refractivity contribution in [2.24, 2.45) is 5.92 Å². The number of piperazine rings is 3. The van der Waals surface area contributed by atoms with Crippen molar-refractivity contribution in [3.8, 4) is 0 Å². The van der Waals surface area contributed by atoms with Gasteiger partial charge in [-0.15, -0.1) is 0 Å². The van der Waals surface area contributed by atoms with Gasteiger partial charge in [0.15, 0.2) is 0 Å². The molecule has 4 fully saturated rings. The normalized spacial score (nSPS) is 37.8. The van der Waals surface area contributed by atoms with Gasteiger partial charge in [-0.2, -0.15) is 0 Å². The maximum Gasteiger partial charge on any atom is 0.317 e. The molecule has 3 atom stereocenters. The number of aliphatic hydroxyl groups is 1. The molecule has 0 radical (unpaired) electrons. The molecule has 22 heavy (non-hydrogen) atoms. The van der Waals surface area contributed by atoms with Gasteiger partial charge in [-0.3, -0.25) is 9.80 Å². The molecule has 3 saturated heterocycles. The molecule has 2 amide bonds. The average molecular weight is 310 g/mol. The van der Waals surface area contributed by atoms with Crippen LogP contribution in [0.2, 0.25) is 0 Å². The van der Waals surface area contributed by atoms with Crippen LogP contribution in [0.25, 0.3) is 0 Å². The molecule has 3 unspecified atom stereocenters. The molecular formula is C16H30N4O2. The van der Waals surface area contributed by atoms with Gasteiger partial charge in [0, 0.05) is 64.8 Å². The lowest BCUT2D eigenvalue weighted by Gasteiger charge is -2.47. The van der Waals surface area contributed by atoms with Gasteiger partial charge in [0.2, 0.25) is 0 Å². The Morgan fingerprint density at radius 1 is 1.23 bits per heavy atom. The number of aliphatic hydroxyl groups excluding tert-OH is 1. The Kier molecular flexibility index (Phi) is 5.21. The highest BCUT2D eigenvalue weighted by Gasteiger charge is 2.32. The van der Waals surface area contributed by atoms with E-state index in [2.05, 4.69) is 15.1 Å². The molecule has 126 valence electrons. The summed E-state index contributed by atoms with van der Waals surface area (Å²) in [5.41, 5.74) is 0. The number of hydrogen-bond donors (Lipinski definition) is 2. The highest BCUT2D eigenvalue weighted by Crippen LogP contribution is 2.24. The Morgan fingerprint density at radius 2 is 1.95 bits per heavy atom. The molecule has 4 aliphatic rings. The topological polar surface area (TPSA) is 59.1 Å². The fourth-order valence-corrected chi connectivity index (χ4v) is 4.09. The predicted octanol–water partition coefficient (Wildman–Crippen LogP) is 0.179. The number of nitrogens with zero attached hydrogens (tertiary/aromatic N) is 3. The van der Waals surface area contributed by atoms with Crippen molar-refractivity contribution in [3.05, 3.63) is 0 Å². The van der Waals surface area contributed by atoms with E-state index in [4.69, 9.17) is 0 Å². The van der Waals surface area contributed by atoms with Crippen LogP contribution in [-0.2, 0) is 0 Å². The zero-order valence-corrected chi connectivity index (χ0v) is 13.7. The maximum absolute atomic E-state index is 12.3. The molecule has 0 aromatic heterocycles. The summed E-state index contributed by atoms with van der Waals surface area (Å²) in [6.45, 7) is 7.06. The second-order valence-electron chi connectivity index (χ2n) is 7.17. The number of carbonyl (C=O) groups is 1. The molecule has 2 bridgehead atoms. The molecule has 0 aromatic carbocycles. The first-order valence-corrected chi connectivity index (χ1v) is 8.77. The lowest BCUT2D eigenvalue weighted by molar-refractivity contribution is 0.0140. The molecule has 2 N–H and O–H groups in total. The van der Waals surface area contributed by atoms with Crippen molar-refractivity contribution in [1.82, 2.24) is 20.0 Å². The zero-order chi connectivity index (χ0) is 15.5. The lowest BCUT2D eigenvalue weighted by Crippen LogP contribution is -2.63. The summed E-state index contributed by atoms with van der Waals surface area (Å²) in [7, 11) is 1.84. The predicted molar refractivity (Wildman–Crippen MR) is 85.8 cm³/mol. The third kappa shape index (κ3) is 3.73. The number of rotatable bonds is 4. The average Bonchev–Trinajstić information content (AvgIpc) is 2.55. The second-order valence-corrected chi connectivity index (χ2v) is 7.17. The minimum Gasteiger partial charge on any atom is -0.393 e. The van der Waals surface area contributed by atoms with Crippen molar-refractivity contribution in [1.29, 1.82) is 0 Å². The standard InChI is InChI=1S/C16H30N4O2/c1-18(11-13-4-2-3-5-15(13)21)16(22)17-10-14-12-19-6-8-20(14)9-7-19/h13-15,21H,2-12H2,1H3,(H,17,22). The van der Waals surface area contributed by atoms with Gasteiger partial charge >= 0.3 is 6.03 Å². The number of hydrogen-bond acceptors (Lipinski definition) is 4. The third-order valence-electron chi connectivity index (χ3n) is 5.61. The molecule has 0 aromatic rings. The number of fused-ring (bicyclic) bond motifs is 3. The zero-order valence-electron chi connectivity index (χ0n) is 13.7. The van der Waals surface area contributed by atoms with Gasteiger partial charge in [0.1, 0.15) is 0 Å². The summed E-state index contributed by atoms with van der Waals surface area (Å²) in [5.74, 6) is 0.241. The van der Waals surface area contributed by atoms with E-state index < -0.39 is 0 Å². The van der Waals surface area contributed by atoms with Crippen LogP contribution in [0.4, 0.5) is 4.79 Å². The molecule has 4 rings (SSSR count). The maximum atomic E-state index is 12.3. The van der Waals surface area contributed by atoms with E-state index in [1.54, 1.807) is 4.90 Å². The van der Waals surface area contributed by atoms with E-state index in [0.717, 1.165) is 45.4 Å². The first-order chi connectivity index (χ1) is 10.6. The van der Waals surface area contributed by atoms with Gasteiger partial charge in [-0.05, 0) is 12.8 Å². The van der Waals surface area contributed by atoms with Crippen molar-refractivity contribution < 1.29 is 9.90 Å². The smallest absolute Gasteiger partial charge is 0.317 e. The minimum absolute atomic E-state index is 0.00424. The summed E-state index contributed by atoms with van der Waals surface area (Å²) in [6.07, 6.45) is 3.96. The largest absolute Gasteiger partial charge is 0.393 e. The summed E-state index contributed by atoms with van der Waals surface area (Å²) < 4.78 is 0. The van der Waals surface area contributed by atoms with E-state index in [1.165, 1.54) is 19.5 Å². The molecule has 1 saturated carbocycles. The van der Waals surface area contributed by atoms with Crippen LogP contribution >= 0.6 is 0 Å². The monoisotopic (exact) mass is 310 g/mol. The summed E-state index contributed by atoms with van der Waals surface area (Å²) in [5, 5.41) is 13.1. The molecule has 6 nitrogen and oxygen atoms in total. The van der Waals surface area contributed by atoms with Crippen molar-refractivity contribution in [3.63, 3.8) is 0 Å². The van der Waals surface area contributed by atoms with Crippen LogP contribution in [-0.4, -0.2) is 90.8 Å². The Hall–Kier alpha value is -0.850. The summed E-state index contributed by atoms with van der Waals surface area (Å²) in [6, 6.07) is 0.454. The van der Waals surface area contributed by atoms with Crippen LogP contribution in [0.5, 0.6) is 0 Å². The van der Waals surface area contributed by atoms with E-state index in [0.29, 0.717) is 12.6 Å². The first-order valence-electron chi connectivity index (χ1n) is 8.77. The Balaban J connectivity index is 1.41. The molecule has 3 heterocycles. The molecule has 6 heteroatoms. The molecular weight excluding hydrogens is 280 g/mol. The molecule has 3 aliphatic heterocycles. The van der Waals surface area contributed by atoms with Gasteiger partial charge in [0.05, 0.1) is 6.10 Å². The number of carbonyl (C=O) groups excluding carboxylic acids is 1. The van der Waals surface area contributed by atoms with Gasteiger partial charge < -0.3 is 15.3 Å². The summed E-state index contributed by atoms with van der Waals surface area (Å²) in [4.78, 5) is 19.0. The Morgan fingerprint density at radius 3 is 2.59 bits per heavy atom. The van der Waals surface area contributed by atoms with E-state index in [-0.39, 0.29) is 18.1 Å².